The van der Waals surface area contributed by atoms with E-state index in [0.29, 0.717) is 5.65 Å². The molecular weight excluding hydrogens is 340 g/mol. The Balaban J connectivity index is 1.91. The molecule has 0 fully saturated rings. The van der Waals surface area contributed by atoms with E-state index in [9.17, 15) is 4.79 Å². The second-order valence-electron chi connectivity index (χ2n) is 6.81. The number of fused-ring (bicyclic) bond motifs is 2. The van der Waals surface area contributed by atoms with Crippen molar-refractivity contribution in [2.75, 3.05) is 14.2 Å². The molecule has 0 aliphatic heterocycles. The van der Waals surface area contributed by atoms with E-state index in [1.54, 1.807) is 18.6 Å². The molecule has 1 aliphatic carbocycles. The third-order valence-electron chi connectivity index (χ3n) is 5.01. The van der Waals surface area contributed by atoms with Gasteiger partial charge in [-0.25, -0.2) is 4.98 Å². The van der Waals surface area contributed by atoms with Gasteiger partial charge in [-0.2, -0.15) is 0 Å². The normalized spacial score (nSPS) is 15.0. The Bertz CT molecular complexity index is 1110. The van der Waals surface area contributed by atoms with Gasteiger partial charge < -0.3 is 9.47 Å². The van der Waals surface area contributed by atoms with Crippen molar-refractivity contribution in [1.82, 2.24) is 9.38 Å². The molecule has 0 amide bonds. The number of nitrogens with zero attached hydrogens (tertiary/aromatic N) is 2. The number of methoxy groups -OCH3 is 2. The highest BCUT2D eigenvalue weighted by Gasteiger charge is 2.21. The van der Waals surface area contributed by atoms with Crippen LogP contribution in [0, 0.1) is 6.92 Å². The number of allylic oxidation sites excluding steroid dienone is 1. The first-order valence-electron chi connectivity index (χ1n) is 9.05. The fourth-order valence-corrected chi connectivity index (χ4v) is 3.63. The van der Waals surface area contributed by atoms with Gasteiger partial charge in [0.25, 0.3) is 5.56 Å². The number of aryl methyl sites for hydroxylation is 1. The molecule has 2 heterocycles. The molecular formula is C22H22N2O3. The number of hydrogen-bond donors (Lipinski definition) is 0. The van der Waals surface area contributed by atoms with E-state index in [-0.39, 0.29) is 5.56 Å². The quantitative estimate of drug-likeness (QED) is 0.709. The van der Waals surface area contributed by atoms with Crippen molar-refractivity contribution in [2.24, 2.45) is 0 Å². The minimum Gasteiger partial charge on any atom is -0.497 e. The predicted octanol–water partition coefficient (Wildman–Crippen LogP) is 3.90. The molecule has 1 aliphatic rings. The average molecular weight is 362 g/mol. The number of rotatable bonds is 3. The van der Waals surface area contributed by atoms with Gasteiger partial charge in [-0.15, -0.1) is 0 Å². The third-order valence-corrected chi connectivity index (χ3v) is 5.01. The lowest BCUT2D eigenvalue weighted by atomic mass is 9.90. The highest BCUT2D eigenvalue weighted by atomic mass is 16.5. The topological polar surface area (TPSA) is 52.8 Å². The maximum absolute atomic E-state index is 13.0. The lowest BCUT2D eigenvalue weighted by Gasteiger charge is -2.19. The van der Waals surface area contributed by atoms with Crippen LogP contribution < -0.4 is 15.0 Å². The van der Waals surface area contributed by atoms with Crippen LogP contribution in [0.25, 0.3) is 17.3 Å². The number of hydrogen-bond acceptors (Lipinski definition) is 4. The first kappa shape index (κ1) is 17.3. The molecule has 0 atom stereocenters. The summed E-state index contributed by atoms with van der Waals surface area (Å²) in [6.45, 7) is 1.98. The van der Waals surface area contributed by atoms with Crippen molar-refractivity contribution < 1.29 is 9.47 Å². The maximum Gasteiger partial charge on any atom is 0.261 e. The molecule has 2 aromatic heterocycles. The van der Waals surface area contributed by atoms with Crippen molar-refractivity contribution in [3.63, 3.8) is 0 Å². The van der Waals surface area contributed by atoms with E-state index in [0.717, 1.165) is 58.7 Å². The highest BCUT2D eigenvalue weighted by Crippen LogP contribution is 2.33. The zero-order valence-electron chi connectivity index (χ0n) is 15.8. The van der Waals surface area contributed by atoms with Gasteiger partial charge in [-0.05, 0) is 67.7 Å². The van der Waals surface area contributed by atoms with Crippen LogP contribution in [-0.2, 0) is 6.42 Å². The molecule has 138 valence electrons. The Labute approximate surface area is 157 Å². The van der Waals surface area contributed by atoms with Gasteiger partial charge in [0, 0.05) is 17.3 Å². The van der Waals surface area contributed by atoms with Gasteiger partial charge in [-0.1, -0.05) is 6.07 Å². The van der Waals surface area contributed by atoms with Gasteiger partial charge in [0.1, 0.15) is 17.1 Å². The molecule has 1 aromatic carbocycles. The van der Waals surface area contributed by atoms with Crippen molar-refractivity contribution in [2.45, 2.75) is 26.2 Å². The van der Waals surface area contributed by atoms with Crippen molar-refractivity contribution in [1.29, 1.82) is 0 Å². The Hall–Kier alpha value is -3.08. The van der Waals surface area contributed by atoms with E-state index in [2.05, 4.69) is 6.08 Å². The lowest BCUT2D eigenvalue weighted by Crippen LogP contribution is -2.24. The van der Waals surface area contributed by atoms with Crippen molar-refractivity contribution >= 4 is 17.3 Å². The van der Waals surface area contributed by atoms with Crippen molar-refractivity contribution in [3.8, 4) is 11.5 Å². The van der Waals surface area contributed by atoms with Crippen LogP contribution in [0.1, 0.15) is 35.2 Å². The smallest absolute Gasteiger partial charge is 0.261 e. The van der Waals surface area contributed by atoms with Crippen LogP contribution in [0.2, 0.25) is 0 Å². The summed E-state index contributed by atoms with van der Waals surface area (Å²) in [7, 11) is 3.30. The zero-order valence-corrected chi connectivity index (χ0v) is 15.8. The second kappa shape index (κ2) is 6.91. The predicted molar refractivity (Wildman–Crippen MR) is 107 cm³/mol. The second-order valence-corrected chi connectivity index (χ2v) is 6.81. The standard InChI is InChI=1S/C22H22N2O3/c1-14-7-10-20-23-21-15(5-4-6-18(21)22(25)24(20)13-14)11-16-12-17(26-2)8-9-19(16)27-3/h7-13H,4-6H2,1-3H3. The summed E-state index contributed by atoms with van der Waals surface area (Å²) in [4.78, 5) is 17.8. The molecule has 27 heavy (non-hydrogen) atoms. The van der Waals surface area contributed by atoms with Crippen LogP contribution in [0.3, 0.4) is 0 Å². The third kappa shape index (κ3) is 3.10. The minimum atomic E-state index is 0.0295. The van der Waals surface area contributed by atoms with Crippen LogP contribution in [-0.4, -0.2) is 23.6 Å². The lowest BCUT2D eigenvalue weighted by molar-refractivity contribution is 0.402. The Morgan fingerprint density at radius 2 is 1.96 bits per heavy atom. The molecule has 5 nitrogen and oxygen atoms in total. The van der Waals surface area contributed by atoms with Gasteiger partial charge in [0.05, 0.1) is 19.9 Å². The molecule has 5 heteroatoms. The minimum absolute atomic E-state index is 0.0295. The van der Waals surface area contributed by atoms with Crippen LogP contribution in [0.15, 0.2) is 41.3 Å². The molecule has 4 rings (SSSR count). The maximum atomic E-state index is 13.0. The molecule has 0 unspecified atom stereocenters. The summed E-state index contributed by atoms with van der Waals surface area (Å²) in [6.07, 6.45) is 6.48. The molecule has 0 bridgehead atoms. The molecule has 0 saturated heterocycles. The van der Waals surface area contributed by atoms with Gasteiger partial charge in [0.15, 0.2) is 0 Å². The van der Waals surface area contributed by atoms with E-state index in [1.165, 1.54) is 0 Å². The SMILES string of the molecule is COc1ccc(OC)c(C=C2CCCc3c2nc2ccc(C)cn2c3=O)c1. The molecule has 0 spiro atoms. The summed E-state index contributed by atoms with van der Waals surface area (Å²) in [6, 6.07) is 9.58. The molecule has 0 radical (unpaired) electrons. The molecule has 3 aromatic rings. The number of pyridine rings is 1. The van der Waals surface area contributed by atoms with E-state index >= 15 is 0 Å². The monoisotopic (exact) mass is 362 g/mol. The van der Waals surface area contributed by atoms with Crippen molar-refractivity contribution in [3.05, 3.63) is 69.3 Å². The summed E-state index contributed by atoms with van der Waals surface area (Å²) < 4.78 is 12.5. The van der Waals surface area contributed by atoms with Gasteiger partial charge >= 0.3 is 0 Å². The fraction of sp³-hybridized carbons (Fsp3) is 0.273. The average Bonchev–Trinajstić information content (AvgIpc) is 2.69. The molecule has 0 N–H and O–H groups in total. The summed E-state index contributed by atoms with van der Waals surface area (Å²) in [5.41, 5.74) is 5.32. The van der Waals surface area contributed by atoms with E-state index in [4.69, 9.17) is 14.5 Å². The summed E-state index contributed by atoms with van der Waals surface area (Å²) in [5.74, 6) is 1.53. The first-order valence-corrected chi connectivity index (χ1v) is 9.05. The molecule has 0 saturated carbocycles. The number of benzene rings is 1. The zero-order chi connectivity index (χ0) is 19.0. The van der Waals surface area contributed by atoms with Gasteiger partial charge in [-0.3, -0.25) is 9.20 Å². The first-order chi connectivity index (χ1) is 13.1. The Kier molecular flexibility index (Phi) is 4.44. The van der Waals surface area contributed by atoms with Crippen LogP contribution in [0.5, 0.6) is 11.5 Å². The van der Waals surface area contributed by atoms with E-state index in [1.807, 2.05) is 43.5 Å². The van der Waals surface area contributed by atoms with Crippen LogP contribution in [0.4, 0.5) is 0 Å². The Morgan fingerprint density at radius 3 is 2.74 bits per heavy atom. The summed E-state index contributed by atoms with van der Waals surface area (Å²) >= 11 is 0. The fourth-order valence-electron chi connectivity index (χ4n) is 3.63. The van der Waals surface area contributed by atoms with Gasteiger partial charge in [0.2, 0.25) is 0 Å². The van der Waals surface area contributed by atoms with Crippen LogP contribution >= 0.6 is 0 Å². The highest BCUT2D eigenvalue weighted by molar-refractivity contribution is 5.84. The number of aromatic nitrogens is 2. The van der Waals surface area contributed by atoms with E-state index < -0.39 is 0 Å². The number of ether oxygens (including phenoxy) is 2. The summed E-state index contributed by atoms with van der Waals surface area (Å²) in [5, 5.41) is 0. The Morgan fingerprint density at radius 1 is 1.11 bits per heavy atom. The largest absolute Gasteiger partial charge is 0.497 e.